The van der Waals surface area contributed by atoms with Crippen LogP contribution in [-0.2, 0) is 6.42 Å². The average molecular weight is 236 g/mol. The number of hydrogen-bond acceptors (Lipinski definition) is 3. The zero-order valence-corrected chi connectivity index (χ0v) is 11.4. The minimum absolute atomic E-state index is 0.540. The van der Waals surface area contributed by atoms with Crippen LogP contribution in [0.25, 0.3) is 0 Å². The number of likely N-dealkylation sites (N-methyl/N-ethyl adjacent to an activating group) is 1. The van der Waals surface area contributed by atoms with E-state index in [-0.39, 0.29) is 0 Å². The van der Waals surface area contributed by atoms with Crippen LogP contribution >= 0.6 is 0 Å². The van der Waals surface area contributed by atoms with Crippen LogP contribution in [0.2, 0.25) is 0 Å². The summed E-state index contributed by atoms with van der Waals surface area (Å²) in [4.78, 5) is 2.44. The molecular weight excluding hydrogens is 212 g/mol. The predicted molar refractivity (Wildman–Crippen MR) is 73.5 cm³/mol. The van der Waals surface area contributed by atoms with Crippen molar-refractivity contribution in [1.29, 1.82) is 0 Å². The maximum atomic E-state index is 5.91. The molecule has 0 aliphatic heterocycles. The number of methoxy groups -OCH3 is 1. The highest BCUT2D eigenvalue weighted by Crippen LogP contribution is 2.23. The molecule has 0 radical (unpaired) electrons. The van der Waals surface area contributed by atoms with Crippen molar-refractivity contribution in [3.63, 3.8) is 0 Å². The Morgan fingerprint density at radius 1 is 1.29 bits per heavy atom. The number of nitrogen functional groups attached to an aromatic ring is 1. The fourth-order valence-electron chi connectivity index (χ4n) is 2.23. The van der Waals surface area contributed by atoms with E-state index in [1.807, 2.05) is 12.1 Å². The molecule has 2 N–H and O–H groups in total. The van der Waals surface area contributed by atoms with Crippen molar-refractivity contribution in [3.8, 4) is 5.75 Å². The summed E-state index contributed by atoms with van der Waals surface area (Å²) >= 11 is 0. The molecule has 0 saturated carbocycles. The van der Waals surface area contributed by atoms with E-state index in [9.17, 15) is 0 Å². The van der Waals surface area contributed by atoms with Gasteiger partial charge in [0.1, 0.15) is 5.75 Å². The van der Waals surface area contributed by atoms with Crippen LogP contribution in [0.4, 0.5) is 5.69 Å². The molecule has 17 heavy (non-hydrogen) atoms. The summed E-state index contributed by atoms with van der Waals surface area (Å²) in [5.41, 5.74) is 7.90. The van der Waals surface area contributed by atoms with Crippen LogP contribution < -0.4 is 10.5 Å². The average Bonchev–Trinajstić information content (AvgIpc) is 2.31. The van der Waals surface area contributed by atoms with E-state index in [1.54, 1.807) is 7.11 Å². The van der Waals surface area contributed by atoms with Gasteiger partial charge in [0.25, 0.3) is 0 Å². The van der Waals surface area contributed by atoms with E-state index in [1.165, 1.54) is 5.56 Å². The van der Waals surface area contributed by atoms with Gasteiger partial charge in [-0.3, -0.25) is 0 Å². The molecule has 1 rings (SSSR count). The molecule has 0 aliphatic rings. The molecule has 0 heterocycles. The second kappa shape index (κ2) is 6.50. The van der Waals surface area contributed by atoms with Gasteiger partial charge in [-0.2, -0.15) is 0 Å². The zero-order valence-electron chi connectivity index (χ0n) is 11.4. The minimum Gasteiger partial charge on any atom is -0.495 e. The van der Waals surface area contributed by atoms with Crippen LogP contribution in [0.15, 0.2) is 18.2 Å². The first kappa shape index (κ1) is 13.8. The van der Waals surface area contributed by atoms with Gasteiger partial charge >= 0.3 is 0 Å². The van der Waals surface area contributed by atoms with Crippen LogP contribution in [-0.4, -0.2) is 31.1 Å². The Bertz CT molecular complexity index is 348. The second-order valence-electron chi connectivity index (χ2n) is 4.35. The van der Waals surface area contributed by atoms with Crippen LogP contribution in [0, 0.1) is 0 Å². The fourth-order valence-corrected chi connectivity index (χ4v) is 2.23. The lowest BCUT2D eigenvalue weighted by Gasteiger charge is -2.26. The normalized spacial score (nSPS) is 12.8. The van der Waals surface area contributed by atoms with Gasteiger partial charge in [0, 0.05) is 6.04 Å². The van der Waals surface area contributed by atoms with Crippen LogP contribution in [0.5, 0.6) is 5.75 Å². The summed E-state index contributed by atoms with van der Waals surface area (Å²) < 4.78 is 5.16. The molecule has 0 amide bonds. The summed E-state index contributed by atoms with van der Waals surface area (Å²) in [5.74, 6) is 0.754. The quantitative estimate of drug-likeness (QED) is 0.771. The lowest BCUT2D eigenvalue weighted by Crippen LogP contribution is -2.34. The van der Waals surface area contributed by atoms with E-state index in [0.29, 0.717) is 6.04 Å². The summed E-state index contributed by atoms with van der Waals surface area (Å²) in [6.07, 6.45) is 1.02. The summed E-state index contributed by atoms with van der Waals surface area (Å²) in [7, 11) is 1.64. The van der Waals surface area contributed by atoms with Gasteiger partial charge in [0.2, 0.25) is 0 Å². The number of nitrogens with zero attached hydrogens (tertiary/aromatic N) is 1. The maximum absolute atomic E-state index is 5.91. The fraction of sp³-hybridized carbons (Fsp3) is 0.571. The van der Waals surface area contributed by atoms with E-state index < -0.39 is 0 Å². The summed E-state index contributed by atoms with van der Waals surface area (Å²) in [6, 6.07) is 6.59. The topological polar surface area (TPSA) is 38.5 Å². The number of nitrogens with two attached hydrogens (primary N) is 1. The third-order valence-corrected chi connectivity index (χ3v) is 3.26. The highest BCUT2D eigenvalue weighted by Gasteiger charge is 2.11. The van der Waals surface area contributed by atoms with E-state index >= 15 is 0 Å². The number of ether oxygens (including phenoxy) is 1. The first-order valence-corrected chi connectivity index (χ1v) is 6.28. The Morgan fingerprint density at radius 3 is 2.41 bits per heavy atom. The van der Waals surface area contributed by atoms with E-state index in [0.717, 1.165) is 30.9 Å². The Labute approximate surface area is 105 Å². The molecule has 1 aromatic rings. The SMILES string of the molecule is CCN(CC)C(C)Cc1ccc(OC)c(N)c1. The highest BCUT2D eigenvalue weighted by atomic mass is 16.5. The molecule has 0 fully saturated rings. The highest BCUT2D eigenvalue weighted by molar-refractivity contribution is 5.54. The first-order valence-electron chi connectivity index (χ1n) is 6.28. The maximum Gasteiger partial charge on any atom is 0.141 e. The summed E-state index contributed by atoms with van der Waals surface area (Å²) in [5, 5.41) is 0. The van der Waals surface area contributed by atoms with Crippen molar-refractivity contribution >= 4 is 5.69 Å². The molecular formula is C14H24N2O. The number of benzene rings is 1. The summed E-state index contributed by atoms with van der Waals surface area (Å²) in [6.45, 7) is 8.82. The Hall–Kier alpha value is -1.22. The standard InChI is InChI=1S/C14H24N2O/c1-5-16(6-2)11(3)9-12-7-8-14(17-4)13(15)10-12/h7-8,10-11H,5-6,9,15H2,1-4H3. The first-order chi connectivity index (χ1) is 8.12. The van der Waals surface area contributed by atoms with Gasteiger partial charge in [-0.25, -0.2) is 0 Å². The van der Waals surface area contributed by atoms with Gasteiger partial charge in [0.05, 0.1) is 12.8 Å². The number of hydrogen-bond donors (Lipinski definition) is 1. The number of rotatable bonds is 6. The molecule has 3 nitrogen and oxygen atoms in total. The monoisotopic (exact) mass is 236 g/mol. The van der Waals surface area contributed by atoms with Crippen molar-refractivity contribution in [2.75, 3.05) is 25.9 Å². The molecule has 0 bridgehead atoms. The van der Waals surface area contributed by atoms with E-state index in [2.05, 4.69) is 31.7 Å². The van der Waals surface area contributed by atoms with Gasteiger partial charge in [-0.05, 0) is 44.1 Å². The number of anilines is 1. The Morgan fingerprint density at radius 2 is 1.94 bits per heavy atom. The second-order valence-corrected chi connectivity index (χ2v) is 4.35. The molecule has 1 aromatic carbocycles. The van der Waals surface area contributed by atoms with E-state index in [4.69, 9.17) is 10.5 Å². The lowest BCUT2D eigenvalue weighted by atomic mass is 10.0. The predicted octanol–water partition coefficient (Wildman–Crippen LogP) is 2.55. The molecule has 0 aromatic heterocycles. The van der Waals surface area contributed by atoms with Gasteiger partial charge in [-0.15, -0.1) is 0 Å². The molecule has 96 valence electrons. The van der Waals surface area contributed by atoms with Crippen molar-refractivity contribution in [2.45, 2.75) is 33.2 Å². The van der Waals surface area contributed by atoms with Gasteiger partial charge in [0.15, 0.2) is 0 Å². The van der Waals surface area contributed by atoms with Gasteiger partial charge < -0.3 is 15.4 Å². The molecule has 1 unspecified atom stereocenters. The third kappa shape index (κ3) is 3.63. The van der Waals surface area contributed by atoms with Crippen molar-refractivity contribution < 1.29 is 4.74 Å². The molecule has 0 aliphatic carbocycles. The molecule has 0 saturated heterocycles. The minimum atomic E-state index is 0.540. The van der Waals surface area contributed by atoms with Crippen LogP contribution in [0.3, 0.4) is 0 Å². The molecule has 0 spiro atoms. The largest absolute Gasteiger partial charge is 0.495 e. The zero-order chi connectivity index (χ0) is 12.8. The van der Waals surface area contributed by atoms with Crippen molar-refractivity contribution in [1.82, 2.24) is 4.90 Å². The van der Waals surface area contributed by atoms with Crippen LogP contribution in [0.1, 0.15) is 26.3 Å². The smallest absolute Gasteiger partial charge is 0.141 e. The van der Waals surface area contributed by atoms with Crippen molar-refractivity contribution in [3.05, 3.63) is 23.8 Å². The lowest BCUT2D eigenvalue weighted by molar-refractivity contribution is 0.230. The third-order valence-electron chi connectivity index (χ3n) is 3.26. The van der Waals surface area contributed by atoms with Crippen molar-refractivity contribution in [2.24, 2.45) is 0 Å². The van der Waals surface area contributed by atoms with Gasteiger partial charge in [-0.1, -0.05) is 19.9 Å². The Balaban J connectivity index is 2.71. The molecule has 3 heteroatoms. The molecule has 1 atom stereocenters. The Kier molecular flexibility index (Phi) is 5.29.